The van der Waals surface area contributed by atoms with Crippen molar-refractivity contribution in [3.8, 4) is 0 Å². The van der Waals surface area contributed by atoms with E-state index in [0.29, 0.717) is 17.8 Å². The van der Waals surface area contributed by atoms with Crippen LogP contribution in [0.2, 0.25) is 0 Å². The summed E-state index contributed by atoms with van der Waals surface area (Å²) in [6, 6.07) is 6.64. The summed E-state index contributed by atoms with van der Waals surface area (Å²) in [7, 11) is -3.29. The van der Waals surface area contributed by atoms with Gasteiger partial charge < -0.3 is 10.2 Å². The van der Waals surface area contributed by atoms with E-state index in [4.69, 9.17) is 0 Å². The highest BCUT2D eigenvalue weighted by Crippen LogP contribution is 2.14. The lowest BCUT2D eigenvalue weighted by molar-refractivity contribution is 0.0656. The van der Waals surface area contributed by atoms with Gasteiger partial charge >= 0.3 is 0 Å². The Bertz CT molecular complexity index is 583. The zero-order valence-corrected chi connectivity index (χ0v) is 12.4. The molecule has 1 fully saturated rings. The molecule has 20 heavy (non-hydrogen) atoms. The van der Waals surface area contributed by atoms with Crippen LogP contribution >= 0.6 is 0 Å². The van der Waals surface area contributed by atoms with E-state index in [-0.39, 0.29) is 11.9 Å². The van der Waals surface area contributed by atoms with Gasteiger partial charge in [-0.2, -0.15) is 0 Å². The van der Waals surface area contributed by atoms with Gasteiger partial charge in [0.25, 0.3) is 5.91 Å². The summed E-state index contributed by atoms with van der Waals surface area (Å²) >= 11 is 0. The summed E-state index contributed by atoms with van der Waals surface area (Å²) < 4.78 is 24.6. The Kier molecular flexibility index (Phi) is 4.29. The van der Waals surface area contributed by atoms with Gasteiger partial charge in [-0.25, -0.2) is 8.42 Å². The minimum Gasteiger partial charge on any atom is -0.333 e. The summed E-state index contributed by atoms with van der Waals surface area (Å²) in [4.78, 5) is 14.2. The molecule has 0 aromatic heterocycles. The van der Waals surface area contributed by atoms with Gasteiger partial charge in [-0.1, -0.05) is 0 Å². The molecule has 0 saturated carbocycles. The van der Waals surface area contributed by atoms with E-state index >= 15 is 0 Å². The number of carbonyl (C=O) groups is 1. The Labute approximate surface area is 119 Å². The van der Waals surface area contributed by atoms with Crippen molar-refractivity contribution >= 4 is 21.6 Å². The molecule has 1 aromatic rings. The fourth-order valence-corrected chi connectivity index (χ4v) is 2.77. The lowest BCUT2D eigenvalue weighted by Crippen LogP contribution is -2.52. The van der Waals surface area contributed by atoms with Gasteiger partial charge in [0.1, 0.15) is 0 Å². The second-order valence-corrected chi connectivity index (χ2v) is 6.75. The number of amides is 1. The van der Waals surface area contributed by atoms with E-state index in [0.717, 1.165) is 19.3 Å². The van der Waals surface area contributed by atoms with E-state index in [1.54, 1.807) is 24.3 Å². The van der Waals surface area contributed by atoms with E-state index in [1.807, 2.05) is 11.8 Å². The number of carbonyl (C=O) groups excluding carboxylic acids is 1. The molecule has 1 amide bonds. The lowest BCUT2D eigenvalue weighted by atomic mass is 10.1. The van der Waals surface area contributed by atoms with Crippen LogP contribution in [0.1, 0.15) is 17.3 Å². The lowest BCUT2D eigenvalue weighted by Gasteiger charge is -2.34. The number of anilines is 1. The molecule has 1 heterocycles. The number of hydrogen-bond acceptors (Lipinski definition) is 4. The predicted octanol–water partition coefficient (Wildman–Crippen LogP) is 0.492. The molecule has 7 heteroatoms. The maximum Gasteiger partial charge on any atom is 0.254 e. The number of hydrogen-bond donors (Lipinski definition) is 2. The molecule has 0 unspecified atom stereocenters. The summed E-state index contributed by atoms with van der Waals surface area (Å²) in [5.41, 5.74) is 1.02. The summed E-state index contributed by atoms with van der Waals surface area (Å²) in [5, 5.41) is 3.24. The molecule has 0 spiro atoms. The number of rotatable bonds is 3. The fourth-order valence-electron chi connectivity index (χ4n) is 2.20. The van der Waals surface area contributed by atoms with Crippen molar-refractivity contribution in [1.29, 1.82) is 0 Å². The van der Waals surface area contributed by atoms with Gasteiger partial charge in [-0.3, -0.25) is 9.52 Å². The third kappa shape index (κ3) is 3.71. The third-order valence-electron chi connectivity index (χ3n) is 3.20. The molecule has 110 valence electrons. The Morgan fingerprint density at radius 2 is 2.00 bits per heavy atom. The Hall–Kier alpha value is -1.60. The van der Waals surface area contributed by atoms with Crippen LogP contribution in [0, 0.1) is 0 Å². The zero-order valence-electron chi connectivity index (χ0n) is 11.6. The van der Waals surface area contributed by atoms with Crippen LogP contribution in [0.25, 0.3) is 0 Å². The van der Waals surface area contributed by atoms with E-state index < -0.39 is 10.0 Å². The van der Waals surface area contributed by atoms with Crippen LogP contribution in [-0.4, -0.2) is 51.2 Å². The molecule has 1 aliphatic heterocycles. The summed E-state index contributed by atoms with van der Waals surface area (Å²) in [5.74, 6) is -0.0232. The van der Waals surface area contributed by atoms with Crippen LogP contribution in [0.15, 0.2) is 24.3 Å². The van der Waals surface area contributed by atoms with E-state index in [1.165, 1.54) is 0 Å². The first kappa shape index (κ1) is 14.8. The number of sulfonamides is 1. The largest absolute Gasteiger partial charge is 0.333 e. The van der Waals surface area contributed by atoms with Crippen LogP contribution in [0.5, 0.6) is 0 Å². The van der Waals surface area contributed by atoms with Gasteiger partial charge in [-0.05, 0) is 31.2 Å². The van der Waals surface area contributed by atoms with Crippen molar-refractivity contribution in [1.82, 2.24) is 10.2 Å². The van der Waals surface area contributed by atoms with E-state index in [9.17, 15) is 13.2 Å². The second-order valence-electron chi connectivity index (χ2n) is 5.00. The smallest absolute Gasteiger partial charge is 0.254 e. The molecule has 6 nitrogen and oxygen atoms in total. The molecule has 2 rings (SSSR count). The average Bonchev–Trinajstić information content (AvgIpc) is 2.37. The minimum atomic E-state index is -3.29. The molecule has 2 N–H and O–H groups in total. The predicted molar refractivity (Wildman–Crippen MR) is 78.3 cm³/mol. The molecular weight excluding hydrogens is 278 g/mol. The maximum absolute atomic E-state index is 12.4. The molecular formula is C13H19N3O3S. The van der Waals surface area contributed by atoms with Crippen LogP contribution in [-0.2, 0) is 10.0 Å². The first-order chi connectivity index (χ1) is 9.37. The van der Waals surface area contributed by atoms with Crippen molar-refractivity contribution in [3.05, 3.63) is 29.8 Å². The number of benzene rings is 1. The second kappa shape index (κ2) is 5.80. The Morgan fingerprint density at radius 3 is 2.55 bits per heavy atom. The first-order valence-corrected chi connectivity index (χ1v) is 8.35. The number of piperazine rings is 1. The Balaban J connectivity index is 2.11. The summed E-state index contributed by atoms with van der Waals surface area (Å²) in [6.45, 7) is 4.27. The van der Waals surface area contributed by atoms with Crippen molar-refractivity contribution < 1.29 is 13.2 Å². The first-order valence-electron chi connectivity index (χ1n) is 6.46. The molecule has 1 aliphatic rings. The quantitative estimate of drug-likeness (QED) is 0.851. The Morgan fingerprint density at radius 1 is 1.35 bits per heavy atom. The minimum absolute atomic E-state index is 0.0232. The van der Waals surface area contributed by atoms with Crippen LogP contribution in [0.3, 0.4) is 0 Å². The van der Waals surface area contributed by atoms with Crippen LogP contribution in [0.4, 0.5) is 5.69 Å². The van der Waals surface area contributed by atoms with Crippen molar-refractivity contribution in [2.24, 2.45) is 0 Å². The van der Waals surface area contributed by atoms with Crippen molar-refractivity contribution in [2.75, 3.05) is 30.6 Å². The van der Waals surface area contributed by atoms with Gasteiger partial charge in [0.05, 0.1) is 6.26 Å². The van der Waals surface area contributed by atoms with Gasteiger partial charge in [0.15, 0.2) is 0 Å². The van der Waals surface area contributed by atoms with Crippen molar-refractivity contribution in [3.63, 3.8) is 0 Å². The number of nitrogens with zero attached hydrogens (tertiary/aromatic N) is 1. The van der Waals surface area contributed by atoms with Crippen molar-refractivity contribution in [2.45, 2.75) is 13.0 Å². The van der Waals surface area contributed by atoms with E-state index in [2.05, 4.69) is 10.0 Å². The van der Waals surface area contributed by atoms with Crippen LogP contribution < -0.4 is 10.0 Å². The number of nitrogens with one attached hydrogen (secondary N) is 2. The maximum atomic E-state index is 12.4. The molecule has 0 bridgehead atoms. The SMILES string of the molecule is C[C@@H]1CNCCN1C(=O)c1ccc(NS(C)(=O)=O)cc1. The van der Waals surface area contributed by atoms with Gasteiger partial charge in [0, 0.05) is 36.9 Å². The fraction of sp³-hybridized carbons (Fsp3) is 0.462. The monoisotopic (exact) mass is 297 g/mol. The third-order valence-corrected chi connectivity index (χ3v) is 3.80. The highest BCUT2D eigenvalue weighted by Gasteiger charge is 2.23. The highest BCUT2D eigenvalue weighted by molar-refractivity contribution is 7.92. The molecule has 0 aliphatic carbocycles. The molecule has 1 saturated heterocycles. The van der Waals surface area contributed by atoms with Gasteiger partial charge in [0.2, 0.25) is 10.0 Å². The molecule has 0 radical (unpaired) electrons. The standard InChI is InChI=1S/C13H19N3O3S/c1-10-9-14-7-8-16(10)13(17)11-3-5-12(6-4-11)15-20(2,18)19/h3-6,10,14-15H,7-9H2,1-2H3/t10-/m1/s1. The highest BCUT2D eigenvalue weighted by atomic mass is 32.2. The topological polar surface area (TPSA) is 78.5 Å². The normalized spacial score (nSPS) is 19.7. The average molecular weight is 297 g/mol. The molecule has 1 atom stereocenters. The molecule has 1 aromatic carbocycles. The van der Waals surface area contributed by atoms with Gasteiger partial charge in [-0.15, -0.1) is 0 Å². The zero-order chi connectivity index (χ0) is 14.8. The summed E-state index contributed by atoms with van der Waals surface area (Å²) in [6.07, 6.45) is 1.09.